The van der Waals surface area contributed by atoms with Crippen molar-refractivity contribution in [2.24, 2.45) is 0 Å². The van der Waals surface area contributed by atoms with Crippen molar-refractivity contribution in [3.63, 3.8) is 0 Å². The number of nitriles is 1. The van der Waals surface area contributed by atoms with Crippen LogP contribution >= 0.6 is 0 Å². The molecule has 0 aliphatic heterocycles. The number of benzene rings is 1. The van der Waals surface area contributed by atoms with Crippen LogP contribution < -0.4 is 0 Å². The first-order chi connectivity index (χ1) is 8.31. The molecule has 1 aromatic carbocycles. The molecular weight excluding hydrogens is 253 g/mol. The van der Waals surface area contributed by atoms with Crippen LogP contribution in [0, 0.1) is 21.4 Å². The van der Waals surface area contributed by atoms with Gasteiger partial charge in [0.15, 0.2) is 0 Å². The normalized spacial score (nSPS) is 10.8. The SMILES string of the molecule is N#CCc1c([N+](=O)[O-])cc(C=O)cc1C(F)(F)F. The van der Waals surface area contributed by atoms with Gasteiger partial charge in [0.05, 0.1) is 28.5 Å². The average Bonchev–Trinajstić information content (AvgIpc) is 2.27. The van der Waals surface area contributed by atoms with E-state index in [1.54, 1.807) is 0 Å². The molecule has 0 unspecified atom stereocenters. The Kier molecular flexibility index (Phi) is 3.66. The Morgan fingerprint density at radius 3 is 2.44 bits per heavy atom. The Balaban J connectivity index is 3.66. The lowest BCUT2D eigenvalue weighted by molar-refractivity contribution is -0.385. The fourth-order valence-corrected chi connectivity index (χ4v) is 1.43. The summed E-state index contributed by atoms with van der Waals surface area (Å²) in [5.74, 6) is 0. The Bertz CT molecular complexity index is 547. The molecule has 0 atom stereocenters. The summed E-state index contributed by atoms with van der Waals surface area (Å²) >= 11 is 0. The molecule has 18 heavy (non-hydrogen) atoms. The summed E-state index contributed by atoms with van der Waals surface area (Å²) in [6.07, 6.45) is -5.54. The molecule has 1 aromatic rings. The van der Waals surface area contributed by atoms with E-state index in [2.05, 4.69) is 0 Å². The topological polar surface area (TPSA) is 84.0 Å². The Labute approximate surface area is 98.6 Å². The van der Waals surface area contributed by atoms with E-state index in [9.17, 15) is 28.1 Å². The monoisotopic (exact) mass is 258 g/mol. The zero-order chi connectivity index (χ0) is 13.9. The minimum Gasteiger partial charge on any atom is -0.298 e. The quantitative estimate of drug-likeness (QED) is 0.473. The number of nitrogens with zero attached hydrogens (tertiary/aromatic N) is 2. The van der Waals surface area contributed by atoms with Gasteiger partial charge in [-0.05, 0) is 6.07 Å². The number of carbonyl (C=O) groups excluding carboxylic acids is 1. The lowest BCUT2D eigenvalue weighted by Crippen LogP contribution is -2.12. The van der Waals surface area contributed by atoms with Crippen LogP contribution in [0.4, 0.5) is 18.9 Å². The lowest BCUT2D eigenvalue weighted by Gasteiger charge is -2.11. The van der Waals surface area contributed by atoms with Crippen LogP contribution in [-0.2, 0) is 12.6 Å². The number of alkyl halides is 3. The average molecular weight is 258 g/mol. The van der Waals surface area contributed by atoms with Crippen molar-refractivity contribution in [1.29, 1.82) is 5.26 Å². The third-order valence-corrected chi connectivity index (χ3v) is 2.14. The molecule has 0 heterocycles. The number of aldehydes is 1. The van der Waals surface area contributed by atoms with Crippen molar-refractivity contribution >= 4 is 12.0 Å². The highest BCUT2D eigenvalue weighted by molar-refractivity contribution is 5.77. The summed E-state index contributed by atoms with van der Waals surface area (Å²) in [6, 6.07) is 2.65. The molecule has 8 heteroatoms. The van der Waals surface area contributed by atoms with E-state index < -0.39 is 39.9 Å². The molecule has 1 rings (SSSR count). The Morgan fingerprint density at radius 1 is 1.44 bits per heavy atom. The number of nitro benzene ring substituents is 1. The van der Waals surface area contributed by atoms with Crippen molar-refractivity contribution in [2.45, 2.75) is 12.6 Å². The second-order valence-corrected chi connectivity index (χ2v) is 3.27. The molecule has 0 aromatic heterocycles. The van der Waals surface area contributed by atoms with Crippen molar-refractivity contribution < 1.29 is 22.9 Å². The molecule has 0 bridgehead atoms. The molecule has 0 N–H and O–H groups in total. The molecule has 0 aliphatic rings. The van der Waals surface area contributed by atoms with Gasteiger partial charge in [0.25, 0.3) is 5.69 Å². The van der Waals surface area contributed by atoms with E-state index in [-0.39, 0.29) is 6.29 Å². The van der Waals surface area contributed by atoms with Gasteiger partial charge in [-0.3, -0.25) is 14.9 Å². The van der Waals surface area contributed by atoms with Crippen molar-refractivity contribution in [2.75, 3.05) is 0 Å². The second-order valence-electron chi connectivity index (χ2n) is 3.27. The third-order valence-electron chi connectivity index (χ3n) is 2.14. The van der Waals surface area contributed by atoms with Gasteiger partial charge in [-0.15, -0.1) is 0 Å². The van der Waals surface area contributed by atoms with E-state index in [1.165, 1.54) is 6.07 Å². The largest absolute Gasteiger partial charge is 0.416 e. The summed E-state index contributed by atoms with van der Waals surface area (Å²) in [5.41, 5.74) is -3.41. The highest BCUT2D eigenvalue weighted by Crippen LogP contribution is 2.37. The zero-order valence-electron chi connectivity index (χ0n) is 8.69. The highest BCUT2D eigenvalue weighted by atomic mass is 19.4. The molecule has 0 amide bonds. The lowest BCUT2D eigenvalue weighted by atomic mass is 9.99. The van der Waals surface area contributed by atoms with Crippen LogP contribution in [0.5, 0.6) is 0 Å². The van der Waals surface area contributed by atoms with E-state index >= 15 is 0 Å². The number of hydrogen-bond donors (Lipinski definition) is 0. The first kappa shape index (κ1) is 13.6. The van der Waals surface area contributed by atoms with Crippen LogP contribution in [0.3, 0.4) is 0 Å². The smallest absolute Gasteiger partial charge is 0.298 e. The molecule has 5 nitrogen and oxygen atoms in total. The molecule has 0 radical (unpaired) electrons. The maximum Gasteiger partial charge on any atom is 0.416 e. The Hall–Kier alpha value is -2.43. The van der Waals surface area contributed by atoms with Crippen molar-refractivity contribution in [1.82, 2.24) is 0 Å². The summed E-state index contributed by atoms with van der Waals surface area (Å²) < 4.78 is 38.1. The fraction of sp³-hybridized carbons (Fsp3) is 0.200. The van der Waals surface area contributed by atoms with Gasteiger partial charge in [-0.1, -0.05) is 0 Å². The van der Waals surface area contributed by atoms with Gasteiger partial charge in [-0.2, -0.15) is 18.4 Å². The molecule has 94 valence electrons. The van der Waals surface area contributed by atoms with Crippen LogP contribution in [0.1, 0.15) is 21.5 Å². The molecular formula is C10H5F3N2O3. The number of nitro groups is 1. The van der Waals surface area contributed by atoms with Gasteiger partial charge in [0, 0.05) is 11.6 Å². The van der Waals surface area contributed by atoms with Crippen LogP contribution in [0.2, 0.25) is 0 Å². The van der Waals surface area contributed by atoms with Crippen molar-refractivity contribution in [3.05, 3.63) is 38.9 Å². The first-order valence-electron chi connectivity index (χ1n) is 4.52. The maximum atomic E-state index is 12.7. The molecule has 0 aliphatic carbocycles. The highest BCUT2D eigenvalue weighted by Gasteiger charge is 2.37. The molecule has 0 spiro atoms. The number of rotatable bonds is 3. The predicted molar refractivity (Wildman–Crippen MR) is 52.8 cm³/mol. The summed E-state index contributed by atoms with van der Waals surface area (Å²) in [4.78, 5) is 20.1. The van der Waals surface area contributed by atoms with E-state index in [0.717, 1.165) is 6.07 Å². The maximum absolute atomic E-state index is 12.7. The summed E-state index contributed by atoms with van der Waals surface area (Å²) in [5, 5.41) is 19.1. The van der Waals surface area contributed by atoms with Crippen LogP contribution in [0.15, 0.2) is 12.1 Å². The van der Waals surface area contributed by atoms with Crippen LogP contribution in [0.25, 0.3) is 0 Å². The number of hydrogen-bond acceptors (Lipinski definition) is 4. The van der Waals surface area contributed by atoms with Gasteiger partial charge in [0.2, 0.25) is 0 Å². The number of carbonyl (C=O) groups is 1. The Morgan fingerprint density at radius 2 is 2.06 bits per heavy atom. The fourth-order valence-electron chi connectivity index (χ4n) is 1.43. The van der Waals surface area contributed by atoms with Gasteiger partial charge in [-0.25, -0.2) is 0 Å². The minimum atomic E-state index is -4.87. The predicted octanol–water partition coefficient (Wildman–Crippen LogP) is 2.49. The van der Waals surface area contributed by atoms with E-state index in [4.69, 9.17) is 5.26 Å². The van der Waals surface area contributed by atoms with E-state index in [0.29, 0.717) is 6.07 Å². The molecule has 0 fully saturated rings. The van der Waals surface area contributed by atoms with Gasteiger partial charge in [0.1, 0.15) is 6.29 Å². The van der Waals surface area contributed by atoms with Gasteiger partial charge < -0.3 is 0 Å². The number of halogens is 3. The third kappa shape index (κ3) is 2.63. The summed E-state index contributed by atoms with van der Waals surface area (Å²) in [6.45, 7) is 0. The van der Waals surface area contributed by atoms with E-state index in [1.807, 2.05) is 0 Å². The van der Waals surface area contributed by atoms with Crippen LogP contribution in [-0.4, -0.2) is 11.2 Å². The van der Waals surface area contributed by atoms with Crippen molar-refractivity contribution in [3.8, 4) is 6.07 Å². The minimum absolute atomic E-state index is 0.0817. The molecule has 0 saturated heterocycles. The van der Waals surface area contributed by atoms with Gasteiger partial charge >= 0.3 is 6.18 Å². The standard InChI is InChI=1S/C10H5F3N2O3/c11-10(12,13)8-3-6(5-16)4-9(15(17)18)7(8)1-2-14/h3-5H,1H2. The first-order valence-corrected chi connectivity index (χ1v) is 4.52. The zero-order valence-corrected chi connectivity index (χ0v) is 8.69. The molecule has 0 saturated carbocycles. The summed E-state index contributed by atoms with van der Waals surface area (Å²) in [7, 11) is 0. The second kappa shape index (κ2) is 4.83.